The first-order valence-electron chi connectivity index (χ1n) is 5.01. The second-order valence-electron chi connectivity index (χ2n) is 3.74. The SMILES string of the molecule is CC(c1ccncc1)N1CCCS1(=O)=O. The Bertz CT molecular complexity index is 430. The van der Waals surface area contributed by atoms with E-state index in [0.29, 0.717) is 6.54 Å². The van der Waals surface area contributed by atoms with Crippen LogP contribution in [0.2, 0.25) is 0 Å². The van der Waals surface area contributed by atoms with Crippen molar-refractivity contribution in [3.63, 3.8) is 0 Å². The van der Waals surface area contributed by atoms with Gasteiger partial charge in [0.25, 0.3) is 0 Å². The van der Waals surface area contributed by atoms with E-state index in [9.17, 15) is 8.42 Å². The molecule has 82 valence electrons. The van der Waals surface area contributed by atoms with Crippen LogP contribution in [0.25, 0.3) is 0 Å². The zero-order chi connectivity index (χ0) is 10.9. The molecule has 0 N–H and O–H groups in total. The van der Waals surface area contributed by atoms with Crippen LogP contribution in [0.1, 0.15) is 24.9 Å². The summed E-state index contributed by atoms with van der Waals surface area (Å²) in [7, 11) is -3.02. The Balaban J connectivity index is 2.26. The summed E-state index contributed by atoms with van der Waals surface area (Å²) in [6, 6.07) is 3.64. The van der Waals surface area contributed by atoms with Gasteiger partial charge >= 0.3 is 0 Å². The van der Waals surface area contributed by atoms with Gasteiger partial charge in [0, 0.05) is 25.0 Å². The Morgan fingerprint density at radius 1 is 1.40 bits per heavy atom. The van der Waals surface area contributed by atoms with Crippen molar-refractivity contribution < 1.29 is 8.42 Å². The molecule has 5 heteroatoms. The topological polar surface area (TPSA) is 50.3 Å². The van der Waals surface area contributed by atoms with E-state index < -0.39 is 10.0 Å². The third kappa shape index (κ3) is 2.03. The molecule has 1 atom stereocenters. The largest absolute Gasteiger partial charge is 0.265 e. The molecule has 0 aromatic carbocycles. The van der Waals surface area contributed by atoms with Gasteiger partial charge in [0.15, 0.2) is 0 Å². The number of hydrogen-bond acceptors (Lipinski definition) is 3. The maximum atomic E-state index is 11.7. The van der Waals surface area contributed by atoms with E-state index in [0.717, 1.165) is 12.0 Å². The molecule has 1 aromatic heterocycles. The zero-order valence-electron chi connectivity index (χ0n) is 8.63. The lowest BCUT2D eigenvalue weighted by molar-refractivity contribution is 0.368. The quantitative estimate of drug-likeness (QED) is 0.760. The molecule has 15 heavy (non-hydrogen) atoms. The van der Waals surface area contributed by atoms with E-state index in [4.69, 9.17) is 0 Å². The number of sulfonamides is 1. The highest BCUT2D eigenvalue weighted by Crippen LogP contribution is 2.27. The van der Waals surface area contributed by atoms with Crippen molar-refractivity contribution in [1.29, 1.82) is 0 Å². The van der Waals surface area contributed by atoms with Gasteiger partial charge in [-0.15, -0.1) is 0 Å². The summed E-state index contributed by atoms with van der Waals surface area (Å²) in [4.78, 5) is 3.92. The van der Waals surface area contributed by atoms with Crippen molar-refractivity contribution >= 4 is 10.0 Å². The van der Waals surface area contributed by atoms with E-state index in [1.165, 1.54) is 0 Å². The lowest BCUT2D eigenvalue weighted by Crippen LogP contribution is -2.28. The predicted octanol–water partition coefficient (Wildman–Crippen LogP) is 1.18. The summed E-state index contributed by atoms with van der Waals surface area (Å²) in [5, 5.41) is 0. The van der Waals surface area contributed by atoms with E-state index in [1.807, 2.05) is 19.1 Å². The molecule has 1 saturated heterocycles. The van der Waals surface area contributed by atoms with Crippen LogP contribution < -0.4 is 0 Å². The molecule has 0 saturated carbocycles. The van der Waals surface area contributed by atoms with Crippen LogP contribution in [0.5, 0.6) is 0 Å². The van der Waals surface area contributed by atoms with Crippen molar-refractivity contribution in [3.05, 3.63) is 30.1 Å². The van der Waals surface area contributed by atoms with Gasteiger partial charge < -0.3 is 0 Å². The van der Waals surface area contributed by atoms with Crippen LogP contribution in [-0.2, 0) is 10.0 Å². The Kier molecular flexibility index (Phi) is 2.75. The van der Waals surface area contributed by atoms with Gasteiger partial charge in [0.2, 0.25) is 10.0 Å². The van der Waals surface area contributed by atoms with Crippen LogP contribution in [0.4, 0.5) is 0 Å². The molecule has 2 heterocycles. The summed E-state index contributed by atoms with van der Waals surface area (Å²) < 4.78 is 24.9. The third-order valence-corrected chi connectivity index (χ3v) is 4.78. The molecule has 0 spiro atoms. The molecule has 0 bridgehead atoms. The molecule has 1 aliphatic heterocycles. The molecule has 1 fully saturated rings. The zero-order valence-corrected chi connectivity index (χ0v) is 9.44. The summed E-state index contributed by atoms with van der Waals surface area (Å²) >= 11 is 0. The smallest absolute Gasteiger partial charge is 0.214 e. The molecule has 0 aliphatic carbocycles. The standard InChI is InChI=1S/C10H14N2O2S/c1-9(10-3-5-11-6-4-10)12-7-2-8-15(12,13)14/h3-6,9H,2,7-8H2,1H3. The predicted molar refractivity (Wildman–Crippen MR) is 57.8 cm³/mol. The number of aromatic nitrogens is 1. The van der Waals surface area contributed by atoms with Crippen molar-refractivity contribution in [2.75, 3.05) is 12.3 Å². The van der Waals surface area contributed by atoms with Gasteiger partial charge in [-0.2, -0.15) is 4.31 Å². The van der Waals surface area contributed by atoms with Gasteiger partial charge in [-0.1, -0.05) is 0 Å². The molecule has 1 unspecified atom stereocenters. The highest BCUT2D eigenvalue weighted by Gasteiger charge is 2.32. The van der Waals surface area contributed by atoms with Gasteiger partial charge in [0.1, 0.15) is 0 Å². The van der Waals surface area contributed by atoms with E-state index in [-0.39, 0.29) is 11.8 Å². The summed E-state index contributed by atoms with van der Waals surface area (Å²) in [6.07, 6.45) is 4.11. The van der Waals surface area contributed by atoms with Gasteiger partial charge in [-0.05, 0) is 31.0 Å². The molecule has 0 amide bonds. The van der Waals surface area contributed by atoms with E-state index in [1.54, 1.807) is 16.7 Å². The molecular formula is C10H14N2O2S. The van der Waals surface area contributed by atoms with Crippen molar-refractivity contribution in [1.82, 2.24) is 9.29 Å². The van der Waals surface area contributed by atoms with E-state index in [2.05, 4.69) is 4.98 Å². The van der Waals surface area contributed by atoms with Crippen LogP contribution in [0.3, 0.4) is 0 Å². The van der Waals surface area contributed by atoms with Gasteiger partial charge in [-0.3, -0.25) is 4.98 Å². The third-order valence-electron chi connectivity index (χ3n) is 2.76. The number of nitrogens with zero attached hydrogens (tertiary/aromatic N) is 2. The van der Waals surface area contributed by atoms with Crippen molar-refractivity contribution in [3.8, 4) is 0 Å². The Morgan fingerprint density at radius 2 is 2.07 bits per heavy atom. The first-order valence-corrected chi connectivity index (χ1v) is 6.61. The van der Waals surface area contributed by atoms with Crippen molar-refractivity contribution in [2.45, 2.75) is 19.4 Å². The summed E-state index contributed by atoms with van der Waals surface area (Å²) in [6.45, 7) is 2.55. The number of hydrogen-bond donors (Lipinski definition) is 0. The average Bonchev–Trinajstić information content (AvgIpc) is 2.58. The maximum absolute atomic E-state index is 11.7. The summed E-state index contributed by atoms with van der Waals surface area (Å²) in [5.74, 6) is 0.280. The van der Waals surface area contributed by atoms with Crippen LogP contribution in [0, 0.1) is 0 Å². The maximum Gasteiger partial charge on any atom is 0.214 e. The molecule has 0 radical (unpaired) electrons. The van der Waals surface area contributed by atoms with Crippen molar-refractivity contribution in [2.24, 2.45) is 0 Å². The van der Waals surface area contributed by atoms with E-state index >= 15 is 0 Å². The lowest BCUT2D eigenvalue weighted by Gasteiger charge is -2.22. The second-order valence-corrected chi connectivity index (χ2v) is 5.78. The molecule has 1 aliphatic rings. The Hall–Kier alpha value is -0.940. The molecule has 1 aromatic rings. The monoisotopic (exact) mass is 226 g/mol. The van der Waals surface area contributed by atoms with Crippen LogP contribution in [-0.4, -0.2) is 30.0 Å². The fourth-order valence-electron chi connectivity index (χ4n) is 1.90. The summed E-state index contributed by atoms with van der Waals surface area (Å²) in [5.41, 5.74) is 0.996. The average molecular weight is 226 g/mol. The second kappa shape index (κ2) is 3.90. The Morgan fingerprint density at radius 3 is 2.60 bits per heavy atom. The minimum Gasteiger partial charge on any atom is -0.265 e. The van der Waals surface area contributed by atoms with Gasteiger partial charge in [-0.25, -0.2) is 8.42 Å². The normalized spacial score (nSPS) is 22.7. The Labute approximate surface area is 90.0 Å². The van der Waals surface area contributed by atoms with Gasteiger partial charge in [0.05, 0.1) is 5.75 Å². The fourth-order valence-corrected chi connectivity index (χ4v) is 3.64. The number of pyridine rings is 1. The fraction of sp³-hybridized carbons (Fsp3) is 0.500. The minimum absolute atomic E-state index is 0.0829. The highest BCUT2D eigenvalue weighted by atomic mass is 32.2. The molecule has 4 nitrogen and oxygen atoms in total. The molecule has 2 rings (SSSR count). The highest BCUT2D eigenvalue weighted by molar-refractivity contribution is 7.89. The van der Waals surface area contributed by atoms with Crippen LogP contribution >= 0.6 is 0 Å². The first-order chi connectivity index (χ1) is 7.11. The first kappa shape index (κ1) is 10.6. The lowest BCUT2D eigenvalue weighted by atomic mass is 10.1. The minimum atomic E-state index is -3.02. The van der Waals surface area contributed by atoms with Crippen LogP contribution in [0.15, 0.2) is 24.5 Å². The molecular weight excluding hydrogens is 212 g/mol. The number of rotatable bonds is 2.